The van der Waals surface area contributed by atoms with Crippen LogP contribution in [0.5, 0.6) is 0 Å². The number of nitrogens with zero attached hydrogens (tertiary/aromatic N) is 2. The summed E-state index contributed by atoms with van der Waals surface area (Å²) in [6.45, 7) is 0. The van der Waals surface area contributed by atoms with Crippen molar-refractivity contribution in [2.24, 2.45) is 0 Å². The van der Waals surface area contributed by atoms with E-state index in [1.54, 1.807) is 18.2 Å². The van der Waals surface area contributed by atoms with Gasteiger partial charge in [0, 0.05) is 9.86 Å². The molecule has 0 unspecified atom stereocenters. The Labute approximate surface area is 102 Å². The molecule has 0 fully saturated rings. The van der Waals surface area contributed by atoms with Crippen LogP contribution in [-0.4, -0.2) is 9.97 Å². The van der Waals surface area contributed by atoms with Crippen LogP contribution in [0.15, 0.2) is 22.7 Å². The minimum absolute atomic E-state index is 0.148. The van der Waals surface area contributed by atoms with Gasteiger partial charge in [-0.2, -0.15) is 13.2 Å². The SMILES string of the molecule is FC(F)(F)c1nc(Cl)c2cccc(Br)c2n1. The van der Waals surface area contributed by atoms with Crippen LogP contribution in [-0.2, 0) is 6.18 Å². The second-order valence-electron chi connectivity index (χ2n) is 2.97. The van der Waals surface area contributed by atoms with Gasteiger partial charge in [-0.1, -0.05) is 17.7 Å². The summed E-state index contributed by atoms with van der Waals surface area (Å²) >= 11 is 8.78. The Hall–Kier alpha value is -0.880. The van der Waals surface area contributed by atoms with Gasteiger partial charge in [-0.05, 0) is 28.1 Å². The summed E-state index contributed by atoms with van der Waals surface area (Å²) in [7, 11) is 0. The Kier molecular flexibility index (Phi) is 2.79. The third-order valence-electron chi connectivity index (χ3n) is 1.88. The fraction of sp³-hybridized carbons (Fsp3) is 0.111. The standard InChI is InChI=1S/C9H3BrClF3N2/c10-5-3-1-2-4-6(5)15-8(9(12,13)14)16-7(4)11/h1-3H. The van der Waals surface area contributed by atoms with Gasteiger partial charge in [0.15, 0.2) is 0 Å². The fourth-order valence-electron chi connectivity index (χ4n) is 1.21. The number of hydrogen-bond acceptors (Lipinski definition) is 2. The molecule has 0 atom stereocenters. The van der Waals surface area contributed by atoms with Crippen molar-refractivity contribution in [3.63, 3.8) is 0 Å². The van der Waals surface area contributed by atoms with Crippen LogP contribution in [0.1, 0.15) is 5.82 Å². The quantitative estimate of drug-likeness (QED) is 0.686. The van der Waals surface area contributed by atoms with Gasteiger partial charge in [0.25, 0.3) is 0 Å². The molecule has 0 aliphatic rings. The van der Waals surface area contributed by atoms with Crippen LogP contribution < -0.4 is 0 Å². The van der Waals surface area contributed by atoms with Crippen molar-refractivity contribution < 1.29 is 13.2 Å². The minimum Gasteiger partial charge on any atom is -0.223 e. The summed E-state index contributed by atoms with van der Waals surface area (Å²) in [5, 5.41) is 0.169. The Balaban J connectivity index is 2.81. The van der Waals surface area contributed by atoms with Gasteiger partial charge in [-0.15, -0.1) is 0 Å². The van der Waals surface area contributed by atoms with Gasteiger partial charge in [-0.3, -0.25) is 0 Å². The van der Waals surface area contributed by atoms with Gasteiger partial charge in [0.05, 0.1) is 5.52 Å². The molecule has 0 saturated carbocycles. The zero-order valence-electron chi connectivity index (χ0n) is 7.52. The number of hydrogen-bond donors (Lipinski definition) is 0. The second-order valence-corrected chi connectivity index (χ2v) is 4.18. The second kappa shape index (κ2) is 3.85. The molecule has 0 bridgehead atoms. The summed E-state index contributed by atoms with van der Waals surface area (Å²) in [6, 6.07) is 4.79. The molecule has 0 radical (unpaired) electrons. The molecule has 2 aromatic rings. The number of rotatable bonds is 0. The molecule has 0 saturated heterocycles. The largest absolute Gasteiger partial charge is 0.451 e. The predicted octanol–water partition coefficient (Wildman–Crippen LogP) is 4.06. The third kappa shape index (κ3) is 1.99. The molecule has 0 amide bonds. The van der Waals surface area contributed by atoms with Crippen molar-refractivity contribution in [3.05, 3.63) is 33.6 Å². The Morgan fingerprint density at radius 3 is 2.50 bits per heavy atom. The van der Waals surface area contributed by atoms with Gasteiger partial charge in [0.1, 0.15) is 5.15 Å². The molecule has 16 heavy (non-hydrogen) atoms. The lowest BCUT2D eigenvalue weighted by atomic mass is 10.2. The monoisotopic (exact) mass is 310 g/mol. The van der Waals surface area contributed by atoms with Crippen molar-refractivity contribution in [1.29, 1.82) is 0 Å². The molecule has 84 valence electrons. The van der Waals surface area contributed by atoms with Crippen molar-refractivity contribution in [3.8, 4) is 0 Å². The van der Waals surface area contributed by atoms with E-state index in [2.05, 4.69) is 25.9 Å². The highest BCUT2D eigenvalue weighted by atomic mass is 79.9. The number of aromatic nitrogens is 2. The zero-order chi connectivity index (χ0) is 11.9. The van der Waals surface area contributed by atoms with E-state index < -0.39 is 12.0 Å². The van der Waals surface area contributed by atoms with Crippen molar-refractivity contribution >= 4 is 38.4 Å². The number of benzene rings is 1. The van der Waals surface area contributed by atoms with Crippen LogP contribution in [0.4, 0.5) is 13.2 Å². The van der Waals surface area contributed by atoms with E-state index >= 15 is 0 Å². The summed E-state index contributed by atoms with van der Waals surface area (Å²) in [5.41, 5.74) is 0.148. The summed E-state index contributed by atoms with van der Waals surface area (Å²) in [4.78, 5) is 6.66. The molecule has 1 heterocycles. The van der Waals surface area contributed by atoms with Gasteiger partial charge < -0.3 is 0 Å². The Morgan fingerprint density at radius 1 is 1.19 bits per heavy atom. The number of halogens is 5. The van der Waals surface area contributed by atoms with E-state index in [4.69, 9.17) is 11.6 Å². The summed E-state index contributed by atoms with van der Waals surface area (Å²) < 4.78 is 37.7. The van der Waals surface area contributed by atoms with E-state index in [1.165, 1.54) is 0 Å². The highest BCUT2D eigenvalue weighted by Gasteiger charge is 2.35. The van der Waals surface area contributed by atoms with Gasteiger partial charge in [-0.25, -0.2) is 9.97 Å². The maximum absolute atomic E-state index is 12.4. The highest BCUT2D eigenvalue weighted by molar-refractivity contribution is 9.10. The van der Waals surface area contributed by atoms with Crippen LogP contribution in [0.25, 0.3) is 10.9 Å². The first-order valence-corrected chi connectivity index (χ1v) is 5.25. The van der Waals surface area contributed by atoms with Gasteiger partial charge >= 0.3 is 6.18 Å². The average molecular weight is 311 g/mol. The van der Waals surface area contributed by atoms with Crippen LogP contribution >= 0.6 is 27.5 Å². The van der Waals surface area contributed by atoms with E-state index in [9.17, 15) is 13.2 Å². The van der Waals surface area contributed by atoms with Crippen molar-refractivity contribution in [1.82, 2.24) is 9.97 Å². The summed E-state index contributed by atoms with van der Waals surface area (Å²) in [6.07, 6.45) is -4.60. The molecule has 7 heteroatoms. The number of fused-ring (bicyclic) bond motifs is 1. The maximum atomic E-state index is 12.4. The minimum atomic E-state index is -4.60. The molecule has 2 rings (SSSR count). The number of alkyl halides is 3. The van der Waals surface area contributed by atoms with E-state index in [1.807, 2.05) is 0 Å². The van der Waals surface area contributed by atoms with E-state index in [0.717, 1.165) is 0 Å². The highest BCUT2D eigenvalue weighted by Crippen LogP contribution is 2.32. The van der Waals surface area contributed by atoms with Crippen LogP contribution in [0, 0.1) is 0 Å². The lowest BCUT2D eigenvalue weighted by molar-refractivity contribution is -0.144. The lowest BCUT2D eigenvalue weighted by Crippen LogP contribution is -2.11. The molecule has 0 aliphatic carbocycles. The molecule has 2 nitrogen and oxygen atoms in total. The van der Waals surface area contributed by atoms with Crippen LogP contribution in [0.2, 0.25) is 5.15 Å². The van der Waals surface area contributed by atoms with Crippen LogP contribution in [0.3, 0.4) is 0 Å². The lowest BCUT2D eigenvalue weighted by Gasteiger charge is -2.07. The first kappa shape index (κ1) is 11.6. The smallest absolute Gasteiger partial charge is 0.223 e. The Bertz CT molecular complexity index is 556. The topological polar surface area (TPSA) is 25.8 Å². The molecule has 0 N–H and O–H groups in total. The fourth-order valence-corrected chi connectivity index (χ4v) is 1.89. The predicted molar refractivity (Wildman–Crippen MR) is 57.2 cm³/mol. The average Bonchev–Trinajstić information content (AvgIpc) is 2.18. The molecule has 0 spiro atoms. The van der Waals surface area contributed by atoms with E-state index in [0.29, 0.717) is 9.86 Å². The van der Waals surface area contributed by atoms with Gasteiger partial charge in [0.2, 0.25) is 5.82 Å². The summed E-state index contributed by atoms with van der Waals surface area (Å²) in [5.74, 6) is -1.24. The van der Waals surface area contributed by atoms with Crippen molar-refractivity contribution in [2.45, 2.75) is 6.18 Å². The normalized spacial score (nSPS) is 12.1. The molecular weight excluding hydrogens is 308 g/mol. The maximum Gasteiger partial charge on any atom is 0.451 e. The molecular formula is C9H3BrClF3N2. The third-order valence-corrected chi connectivity index (χ3v) is 2.81. The Morgan fingerprint density at radius 2 is 1.88 bits per heavy atom. The first-order valence-electron chi connectivity index (χ1n) is 4.08. The molecule has 0 aliphatic heterocycles. The zero-order valence-corrected chi connectivity index (χ0v) is 9.86. The van der Waals surface area contributed by atoms with Crippen molar-refractivity contribution in [2.75, 3.05) is 0 Å². The first-order chi connectivity index (χ1) is 7.39. The molecule has 1 aromatic heterocycles. The number of para-hydroxylation sites is 1. The molecule has 1 aromatic carbocycles. The van der Waals surface area contributed by atoms with E-state index in [-0.39, 0.29) is 10.7 Å².